The van der Waals surface area contributed by atoms with Gasteiger partial charge >= 0.3 is 6.18 Å². The summed E-state index contributed by atoms with van der Waals surface area (Å²) in [5.41, 5.74) is 5.37. The molecule has 0 aromatic rings. The third kappa shape index (κ3) is 5.38. The van der Waals surface area contributed by atoms with E-state index < -0.39 is 24.5 Å². The molecule has 6 heteroatoms. The predicted octanol–water partition coefficient (Wildman–Crippen LogP) is 2.55. The minimum Gasteiger partial charge on any atom is -0.330 e. The molecule has 1 saturated carbocycles. The zero-order valence-corrected chi connectivity index (χ0v) is 11.5. The lowest BCUT2D eigenvalue weighted by atomic mass is 10.0. The van der Waals surface area contributed by atoms with E-state index in [0.29, 0.717) is 19.4 Å². The largest absolute Gasteiger partial charge is 0.406 e. The molecule has 3 nitrogen and oxygen atoms in total. The van der Waals surface area contributed by atoms with E-state index in [1.54, 1.807) is 13.8 Å². The van der Waals surface area contributed by atoms with Crippen molar-refractivity contribution in [3.05, 3.63) is 0 Å². The van der Waals surface area contributed by atoms with Gasteiger partial charge in [-0.25, -0.2) is 0 Å². The summed E-state index contributed by atoms with van der Waals surface area (Å²) in [5, 5.41) is 0. The number of nitrogens with two attached hydrogens (primary N) is 1. The van der Waals surface area contributed by atoms with Crippen LogP contribution in [0.25, 0.3) is 0 Å². The van der Waals surface area contributed by atoms with E-state index in [0.717, 1.165) is 17.7 Å². The zero-order valence-electron chi connectivity index (χ0n) is 11.5. The first-order valence-corrected chi connectivity index (χ1v) is 6.83. The smallest absolute Gasteiger partial charge is 0.330 e. The van der Waals surface area contributed by atoms with E-state index in [-0.39, 0.29) is 12.0 Å². The van der Waals surface area contributed by atoms with Crippen molar-refractivity contribution < 1.29 is 18.0 Å². The number of hydrogen-bond donors (Lipinski definition) is 1. The summed E-state index contributed by atoms with van der Waals surface area (Å²) in [7, 11) is 0. The molecular weight excluding hydrogens is 257 g/mol. The van der Waals surface area contributed by atoms with Crippen LogP contribution in [-0.2, 0) is 4.79 Å². The minimum absolute atomic E-state index is 0.230. The second-order valence-electron chi connectivity index (χ2n) is 5.49. The standard InChI is InChI=1S/C13H23F3N2O/c1-9(4-3-7-17)12(19)18(8-13(14,15)16)10(2)11-5-6-11/h9-11H,3-8,17H2,1-2H3. The van der Waals surface area contributed by atoms with Crippen LogP contribution in [0.1, 0.15) is 39.5 Å². The molecule has 1 amide bonds. The number of carbonyl (C=O) groups excluding carboxylic acids is 1. The fraction of sp³-hybridized carbons (Fsp3) is 0.923. The van der Waals surface area contributed by atoms with Crippen molar-refractivity contribution in [2.24, 2.45) is 17.6 Å². The quantitative estimate of drug-likeness (QED) is 0.779. The van der Waals surface area contributed by atoms with E-state index in [1.807, 2.05) is 0 Å². The van der Waals surface area contributed by atoms with Gasteiger partial charge in [0.1, 0.15) is 6.54 Å². The molecule has 1 aliphatic rings. The molecule has 1 fully saturated rings. The van der Waals surface area contributed by atoms with Crippen LogP contribution in [-0.4, -0.2) is 36.1 Å². The molecule has 0 aliphatic heterocycles. The Morgan fingerprint density at radius 1 is 1.37 bits per heavy atom. The fourth-order valence-corrected chi connectivity index (χ4v) is 2.28. The summed E-state index contributed by atoms with van der Waals surface area (Å²) in [5.74, 6) is -0.565. The van der Waals surface area contributed by atoms with Gasteiger partial charge in [0.25, 0.3) is 0 Å². The van der Waals surface area contributed by atoms with Crippen molar-refractivity contribution in [3.8, 4) is 0 Å². The molecule has 19 heavy (non-hydrogen) atoms. The van der Waals surface area contributed by atoms with Gasteiger partial charge in [0.15, 0.2) is 0 Å². The maximum atomic E-state index is 12.6. The summed E-state index contributed by atoms with van der Waals surface area (Å²) in [6, 6.07) is -0.325. The highest BCUT2D eigenvalue weighted by Crippen LogP contribution is 2.36. The molecule has 2 N–H and O–H groups in total. The van der Waals surface area contributed by atoms with E-state index in [9.17, 15) is 18.0 Å². The normalized spacial score (nSPS) is 19.1. The van der Waals surface area contributed by atoms with Crippen LogP contribution in [0.15, 0.2) is 0 Å². The number of nitrogens with zero attached hydrogens (tertiary/aromatic N) is 1. The molecule has 0 aromatic carbocycles. The fourth-order valence-electron chi connectivity index (χ4n) is 2.28. The van der Waals surface area contributed by atoms with Crippen LogP contribution in [0.5, 0.6) is 0 Å². The molecule has 0 saturated heterocycles. The van der Waals surface area contributed by atoms with E-state index >= 15 is 0 Å². The van der Waals surface area contributed by atoms with Crippen LogP contribution in [0, 0.1) is 11.8 Å². The second kappa shape index (κ2) is 6.59. The average Bonchev–Trinajstić information content (AvgIpc) is 3.14. The predicted molar refractivity (Wildman–Crippen MR) is 67.4 cm³/mol. The highest BCUT2D eigenvalue weighted by molar-refractivity contribution is 5.79. The highest BCUT2D eigenvalue weighted by Gasteiger charge is 2.41. The Bertz CT molecular complexity index is 303. The van der Waals surface area contributed by atoms with Crippen molar-refractivity contribution in [1.29, 1.82) is 0 Å². The average molecular weight is 280 g/mol. The Hall–Kier alpha value is -0.780. The number of carbonyl (C=O) groups is 1. The van der Waals surface area contributed by atoms with Crippen molar-refractivity contribution in [3.63, 3.8) is 0 Å². The number of alkyl halides is 3. The lowest BCUT2D eigenvalue weighted by Crippen LogP contribution is -2.47. The Kier molecular flexibility index (Phi) is 5.64. The number of hydrogen-bond acceptors (Lipinski definition) is 2. The van der Waals surface area contributed by atoms with Gasteiger partial charge in [-0.15, -0.1) is 0 Å². The van der Waals surface area contributed by atoms with Gasteiger partial charge in [-0.3, -0.25) is 4.79 Å². The molecule has 0 aromatic heterocycles. The first kappa shape index (κ1) is 16.3. The van der Waals surface area contributed by atoms with Crippen LogP contribution in [0.3, 0.4) is 0 Å². The van der Waals surface area contributed by atoms with Gasteiger partial charge in [-0.1, -0.05) is 6.92 Å². The monoisotopic (exact) mass is 280 g/mol. The van der Waals surface area contributed by atoms with Crippen molar-refractivity contribution in [2.75, 3.05) is 13.1 Å². The summed E-state index contributed by atoms with van der Waals surface area (Å²) < 4.78 is 37.8. The van der Waals surface area contributed by atoms with Gasteiger partial charge in [-0.05, 0) is 45.1 Å². The van der Waals surface area contributed by atoms with Gasteiger partial charge in [0.2, 0.25) is 5.91 Å². The van der Waals surface area contributed by atoms with E-state index in [1.165, 1.54) is 0 Å². The molecule has 2 unspecified atom stereocenters. The molecule has 1 rings (SSSR count). The number of halogens is 3. The molecule has 0 radical (unpaired) electrons. The van der Waals surface area contributed by atoms with Crippen LogP contribution < -0.4 is 5.73 Å². The molecule has 1 aliphatic carbocycles. The molecule has 0 bridgehead atoms. The molecule has 0 spiro atoms. The zero-order chi connectivity index (χ0) is 14.6. The summed E-state index contributed by atoms with van der Waals surface area (Å²) >= 11 is 0. The summed E-state index contributed by atoms with van der Waals surface area (Å²) in [6.07, 6.45) is -1.31. The van der Waals surface area contributed by atoms with Crippen LogP contribution in [0.4, 0.5) is 13.2 Å². The van der Waals surface area contributed by atoms with Crippen molar-refractivity contribution in [1.82, 2.24) is 4.90 Å². The molecule has 112 valence electrons. The van der Waals surface area contributed by atoms with E-state index in [2.05, 4.69) is 0 Å². The van der Waals surface area contributed by atoms with E-state index in [4.69, 9.17) is 5.73 Å². The third-order valence-electron chi connectivity index (χ3n) is 3.69. The van der Waals surface area contributed by atoms with Gasteiger partial charge in [0.05, 0.1) is 0 Å². The Labute approximate surface area is 112 Å². The van der Waals surface area contributed by atoms with Gasteiger partial charge in [-0.2, -0.15) is 13.2 Å². The SMILES string of the molecule is CC(CCCN)C(=O)N(CC(F)(F)F)C(C)C1CC1. The third-order valence-corrected chi connectivity index (χ3v) is 3.69. The highest BCUT2D eigenvalue weighted by atomic mass is 19.4. The lowest BCUT2D eigenvalue weighted by Gasteiger charge is -2.32. The topological polar surface area (TPSA) is 46.3 Å². The minimum atomic E-state index is -4.34. The Morgan fingerprint density at radius 3 is 2.37 bits per heavy atom. The van der Waals surface area contributed by atoms with Gasteiger partial charge in [0, 0.05) is 12.0 Å². The Balaban J connectivity index is 2.68. The summed E-state index contributed by atoms with van der Waals surface area (Å²) in [4.78, 5) is 13.2. The molecular formula is C13H23F3N2O. The molecule has 2 atom stereocenters. The van der Waals surface area contributed by atoms with Crippen molar-refractivity contribution >= 4 is 5.91 Å². The maximum Gasteiger partial charge on any atom is 0.406 e. The second-order valence-corrected chi connectivity index (χ2v) is 5.49. The lowest BCUT2D eigenvalue weighted by molar-refractivity contribution is -0.168. The summed E-state index contributed by atoms with van der Waals surface area (Å²) in [6.45, 7) is 2.71. The van der Waals surface area contributed by atoms with Crippen LogP contribution in [0.2, 0.25) is 0 Å². The first-order valence-electron chi connectivity index (χ1n) is 6.83. The van der Waals surface area contributed by atoms with Crippen LogP contribution >= 0.6 is 0 Å². The maximum absolute atomic E-state index is 12.6. The number of amides is 1. The first-order chi connectivity index (χ1) is 8.76. The number of rotatable bonds is 7. The van der Waals surface area contributed by atoms with Crippen molar-refractivity contribution in [2.45, 2.75) is 51.7 Å². The Morgan fingerprint density at radius 2 is 1.95 bits per heavy atom. The van der Waals surface area contributed by atoms with Gasteiger partial charge < -0.3 is 10.6 Å². The molecule has 0 heterocycles.